The summed E-state index contributed by atoms with van der Waals surface area (Å²) >= 11 is 6.32. The second-order valence-electron chi connectivity index (χ2n) is 9.21. The van der Waals surface area contributed by atoms with Crippen LogP contribution in [0.3, 0.4) is 0 Å². The van der Waals surface area contributed by atoms with Gasteiger partial charge in [-0.15, -0.1) is 0 Å². The Balaban J connectivity index is 1.32. The predicted octanol–water partition coefficient (Wildman–Crippen LogP) is 1.88. The van der Waals surface area contributed by atoms with Gasteiger partial charge in [-0.1, -0.05) is 23.7 Å². The van der Waals surface area contributed by atoms with E-state index in [2.05, 4.69) is 20.3 Å². The molecule has 12 heteroatoms. The maximum atomic E-state index is 13.5. The van der Waals surface area contributed by atoms with E-state index in [1.807, 2.05) is 29.2 Å². The van der Waals surface area contributed by atoms with Gasteiger partial charge < -0.3 is 24.6 Å². The molecule has 0 spiro atoms. The van der Waals surface area contributed by atoms with E-state index >= 15 is 0 Å². The zero-order chi connectivity index (χ0) is 26.5. The van der Waals surface area contributed by atoms with E-state index in [1.165, 1.54) is 0 Å². The molecule has 2 aromatic heterocycles. The van der Waals surface area contributed by atoms with Gasteiger partial charge in [0.05, 0.1) is 7.11 Å². The lowest BCUT2D eigenvalue weighted by Gasteiger charge is -2.41. The van der Waals surface area contributed by atoms with Crippen molar-refractivity contribution in [1.82, 2.24) is 29.7 Å². The third kappa shape index (κ3) is 5.89. The Kier molecular flexibility index (Phi) is 8.04. The van der Waals surface area contributed by atoms with Crippen molar-refractivity contribution in [3.8, 4) is 11.7 Å². The molecule has 3 aromatic rings. The van der Waals surface area contributed by atoms with Crippen molar-refractivity contribution in [3.05, 3.63) is 59.8 Å². The molecule has 4 heterocycles. The highest BCUT2D eigenvalue weighted by molar-refractivity contribution is 6.29. The molecular formula is C26H30ClN7O4. The van der Waals surface area contributed by atoms with Gasteiger partial charge >= 0.3 is 0 Å². The number of aromatic nitrogens is 4. The van der Waals surface area contributed by atoms with Crippen LogP contribution in [0.25, 0.3) is 5.95 Å². The monoisotopic (exact) mass is 539 g/mol. The normalized spacial score (nSPS) is 19.4. The number of rotatable bonds is 8. The Morgan fingerprint density at radius 3 is 2.89 bits per heavy atom. The topological polar surface area (TPSA) is 115 Å². The number of nitrogens with one attached hydrogen (secondary N) is 1. The molecule has 11 nitrogen and oxygen atoms in total. The second kappa shape index (κ2) is 11.8. The molecule has 2 atom stereocenters. The summed E-state index contributed by atoms with van der Waals surface area (Å²) in [6.07, 6.45) is 6.58. The number of piperazine rings is 1. The maximum absolute atomic E-state index is 13.5. The average Bonchev–Trinajstić information content (AvgIpc) is 3.67. The van der Waals surface area contributed by atoms with Gasteiger partial charge in [0.1, 0.15) is 35.2 Å². The largest absolute Gasteiger partial charge is 0.497 e. The minimum absolute atomic E-state index is 0.144. The number of benzene rings is 1. The van der Waals surface area contributed by atoms with Crippen LogP contribution in [-0.2, 0) is 20.7 Å². The van der Waals surface area contributed by atoms with Crippen LogP contribution in [0.5, 0.6) is 5.75 Å². The Morgan fingerprint density at radius 2 is 2.13 bits per heavy atom. The number of halogens is 1. The summed E-state index contributed by atoms with van der Waals surface area (Å²) in [7, 11) is 1.62. The summed E-state index contributed by atoms with van der Waals surface area (Å²) in [4.78, 5) is 43.4. The highest BCUT2D eigenvalue weighted by Gasteiger charge is 2.39. The number of imidazole rings is 1. The molecule has 0 bridgehead atoms. The molecule has 1 aromatic carbocycles. The van der Waals surface area contributed by atoms with E-state index < -0.39 is 12.1 Å². The van der Waals surface area contributed by atoms with Crippen molar-refractivity contribution >= 4 is 29.2 Å². The first-order valence-electron chi connectivity index (χ1n) is 12.6. The lowest BCUT2D eigenvalue weighted by Crippen LogP contribution is -2.62. The fourth-order valence-corrected chi connectivity index (χ4v) is 4.93. The number of amides is 2. The van der Waals surface area contributed by atoms with Crippen molar-refractivity contribution in [3.63, 3.8) is 0 Å². The molecule has 2 fully saturated rings. The first-order valence-corrected chi connectivity index (χ1v) is 13.0. The fraction of sp³-hybridized carbons (Fsp3) is 0.423. The molecular weight excluding hydrogens is 510 g/mol. The third-order valence-electron chi connectivity index (χ3n) is 6.75. The molecule has 5 rings (SSSR count). The van der Waals surface area contributed by atoms with Gasteiger partial charge in [0.15, 0.2) is 0 Å². The highest BCUT2D eigenvalue weighted by Crippen LogP contribution is 2.24. The highest BCUT2D eigenvalue weighted by atomic mass is 35.5. The summed E-state index contributed by atoms with van der Waals surface area (Å²) in [5, 5.41) is 3.29. The zero-order valence-corrected chi connectivity index (χ0v) is 21.9. The van der Waals surface area contributed by atoms with Gasteiger partial charge in [-0.2, -0.15) is 4.98 Å². The first kappa shape index (κ1) is 25.9. The number of hydrogen-bond donors (Lipinski definition) is 1. The molecule has 2 unspecified atom stereocenters. The summed E-state index contributed by atoms with van der Waals surface area (Å²) in [5.74, 6) is 1.35. The van der Waals surface area contributed by atoms with E-state index in [4.69, 9.17) is 21.1 Å². The lowest BCUT2D eigenvalue weighted by molar-refractivity contribution is -0.148. The summed E-state index contributed by atoms with van der Waals surface area (Å²) < 4.78 is 12.6. The van der Waals surface area contributed by atoms with E-state index in [0.29, 0.717) is 50.8 Å². The van der Waals surface area contributed by atoms with Crippen LogP contribution in [0.1, 0.15) is 18.4 Å². The molecule has 0 aliphatic carbocycles. The van der Waals surface area contributed by atoms with Crippen LogP contribution in [-0.4, -0.2) is 88.3 Å². The number of nitrogens with zero attached hydrogens (tertiary/aromatic N) is 6. The van der Waals surface area contributed by atoms with Gasteiger partial charge in [-0.05, 0) is 37.0 Å². The van der Waals surface area contributed by atoms with Crippen molar-refractivity contribution < 1.29 is 19.1 Å². The van der Waals surface area contributed by atoms with Crippen LogP contribution in [0.4, 0.5) is 5.82 Å². The number of methoxy groups -OCH3 is 1. The Morgan fingerprint density at radius 1 is 1.24 bits per heavy atom. The number of hydrogen-bond acceptors (Lipinski definition) is 8. The molecule has 2 saturated heterocycles. The van der Waals surface area contributed by atoms with Crippen molar-refractivity contribution in [2.75, 3.05) is 44.8 Å². The number of carbonyl (C=O) groups is 2. The van der Waals surface area contributed by atoms with Crippen LogP contribution in [0.2, 0.25) is 5.15 Å². The van der Waals surface area contributed by atoms with Gasteiger partial charge in [-0.3, -0.25) is 14.2 Å². The van der Waals surface area contributed by atoms with Gasteiger partial charge in [-0.25, -0.2) is 9.97 Å². The van der Waals surface area contributed by atoms with Crippen LogP contribution >= 0.6 is 11.6 Å². The first-order chi connectivity index (χ1) is 18.5. The number of ether oxygens (including phenoxy) is 2. The fourth-order valence-electron chi connectivity index (χ4n) is 4.76. The zero-order valence-electron chi connectivity index (χ0n) is 21.1. The van der Waals surface area contributed by atoms with E-state index in [0.717, 1.165) is 17.7 Å². The van der Waals surface area contributed by atoms with Gasteiger partial charge in [0.25, 0.3) is 5.91 Å². The lowest BCUT2D eigenvalue weighted by atomic mass is 10.1. The van der Waals surface area contributed by atoms with Gasteiger partial charge in [0, 0.05) is 51.2 Å². The quantitative estimate of drug-likeness (QED) is 0.432. The number of carbonyl (C=O) groups excluding carboxylic acids is 2. The summed E-state index contributed by atoms with van der Waals surface area (Å²) in [5.41, 5.74) is 1.05. The average molecular weight is 540 g/mol. The van der Waals surface area contributed by atoms with Gasteiger partial charge in [0.2, 0.25) is 11.9 Å². The molecule has 2 amide bonds. The van der Waals surface area contributed by atoms with Crippen LogP contribution < -0.4 is 15.0 Å². The summed E-state index contributed by atoms with van der Waals surface area (Å²) in [6.45, 7) is 2.09. The molecule has 2 aliphatic heterocycles. The minimum Gasteiger partial charge on any atom is -0.497 e. The van der Waals surface area contributed by atoms with Crippen molar-refractivity contribution in [2.24, 2.45) is 0 Å². The summed E-state index contributed by atoms with van der Waals surface area (Å²) in [6, 6.07) is 8.68. The Labute approximate surface area is 225 Å². The minimum atomic E-state index is -0.712. The predicted molar refractivity (Wildman–Crippen MR) is 141 cm³/mol. The third-order valence-corrected chi connectivity index (χ3v) is 6.94. The molecule has 200 valence electrons. The van der Waals surface area contributed by atoms with E-state index in [9.17, 15) is 9.59 Å². The van der Waals surface area contributed by atoms with E-state index in [1.54, 1.807) is 41.4 Å². The Hall–Kier alpha value is -3.70. The molecule has 0 saturated carbocycles. The molecule has 2 aliphatic rings. The molecule has 1 N–H and O–H groups in total. The maximum Gasteiger partial charge on any atom is 0.252 e. The van der Waals surface area contributed by atoms with Crippen molar-refractivity contribution in [1.29, 1.82) is 0 Å². The molecule has 38 heavy (non-hydrogen) atoms. The SMILES string of the molecule is COc1cccc(CCNC(=O)C2CN(c3cc(Cl)nc(-n4ccnc4)n3)CCN2C(=O)C2CCCO2)c1. The van der Waals surface area contributed by atoms with Crippen LogP contribution in [0.15, 0.2) is 49.1 Å². The second-order valence-corrected chi connectivity index (χ2v) is 9.59. The Bertz CT molecular complexity index is 1270. The van der Waals surface area contributed by atoms with Crippen molar-refractivity contribution in [2.45, 2.75) is 31.4 Å². The standard InChI is InChI=1S/C26H30ClN7O4/c1-37-19-5-2-4-18(14-19)7-8-29-24(35)20-16-32(11-12-34(20)25(36)21-6-3-13-38-21)23-15-22(27)30-26(31-23)33-10-9-28-17-33/h2,4-5,9-10,14-15,17,20-21H,3,6-8,11-13,16H2,1H3,(H,29,35). The van der Waals surface area contributed by atoms with E-state index in [-0.39, 0.29) is 23.5 Å². The van der Waals surface area contributed by atoms with Crippen LogP contribution in [0, 0.1) is 0 Å². The molecule has 0 radical (unpaired) electrons. The number of anilines is 1. The smallest absolute Gasteiger partial charge is 0.252 e.